The van der Waals surface area contributed by atoms with E-state index in [-0.39, 0.29) is 5.78 Å². The van der Waals surface area contributed by atoms with Gasteiger partial charge < -0.3 is 4.74 Å². The molecule has 0 saturated heterocycles. The third-order valence-electron chi connectivity index (χ3n) is 3.35. The van der Waals surface area contributed by atoms with E-state index in [2.05, 4.69) is 11.4 Å². The average Bonchev–Trinajstić information content (AvgIpc) is 3.11. The maximum absolute atomic E-state index is 12.5. The Morgan fingerprint density at radius 1 is 1.05 bits per heavy atom. The number of hydrogen-bond donors (Lipinski definition) is 0. The van der Waals surface area contributed by atoms with E-state index in [1.165, 1.54) is 15.0 Å². The van der Waals surface area contributed by atoms with E-state index in [0.717, 1.165) is 16.0 Å². The van der Waals surface area contributed by atoms with Crippen LogP contribution in [0.3, 0.4) is 0 Å². The van der Waals surface area contributed by atoms with Crippen molar-refractivity contribution in [3.8, 4) is 0 Å². The van der Waals surface area contributed by atoms with Crippen molar-refractivity contribution >= 4 is 37.9 Å². The molecule has 0 bridgehead atoms. The molecule has 0 atom stereocenters. The Hall–Kier alpha value is -1.49. The number of ketones is 1. The summed E-state index contributed by atoms with van der Waals surface area (Å²) in [5, 5.41) is 2.06. The smallest absolute Gasteiger partial charge is 0.203 e. The van der Waals surface area contributed by atoms with E-state index in [0.29, 0.717) is 13.2 Å². The van der Waals surface area contributed by atoms with E-state index in [4.69, 9.17) is 4.74 Å². The first-order valence-corrected chi connectivity index (χ1v) is 7.72. The van der Waals surface area contributed by atoms with Gasteiger partial charge in [-0.2, -0.15) is 0 Å². The lowest BCUT2D eigenvalue weighted by Gasteiger charge is -2.01. The summed E-state index contributed by atoms with van der Waals surface area (Å²) < 4.78 is 7.77. The van der Waals surface area contributed by atoms with Gasteiger partial charge in [0.2, 0.25) is 5.78 Å². The number of fused-ring (bicyclic) bond motifs is 2. The molecule has 1 aliphatic rings. The van der Waals surface area contributed by atoms with Gasteiger partial charge in [0.15, 0.2) is 0 Å². The fraction of sp³-hybridized carbons (Fsp3) is 0.133. The highest BCUT2D eigenvalue weighted by Crippen LogP contribution is 2.32. The summed E-state index contributed by atoms with van der Waals surface area (Å²) in [4.78, 5) is 13.3. The Morgan fingerprint density at radius 3 is 2.84 bits per heavy atom. The molecular weight excluding hydrogens is 276 g/mol. The quantitative estimate of drug-likeness (QED) is 0.659. The summed E-state index contributed by atoms with van der Waals surface area (Å²) in [7, 11) is 0. The molecule has 0 radical (unpaired) electrons. The number of benzene rings is 1. The number of carbonyl (C=O) groups excluding carboxylic acids is 1. The third kappa shape index (κ3) is 1.84. The number of rotatable bonds is 2. The fourth-order valence-electron chi connectivity index (χ4n) is 2.33. The number of thiophene rings is 2. The lowest BCUT2D eigenvalue weighted by atomic mass is 10.0. The van der Waals surface area contributed by atoms with Crippen LogP contribution in [0.15, 0.2) is 35.7 Å². The average molecular weight is 286 g/mol. The standard InChI is InChI=1S/C15H10O2S2/c16-15(14-6-13-12(19-14)3-4-18-13)9-1-2-10-7-17-8-11(10)5-9/h1-6H,7-8H2. The first-order chi connectivity index (χ1) is 9.31. The van der Waals surface area contributed by atoms with Gasteiger partial charge in [0.25, 0.3) is 0 Å². The minimum Gasteiger partial charge on any atom is -0.372 e. The molecule has 0 aliphatic carbocycles. The second kappa shape index (κ2) is 4.27. The molecule has 4 heteroatoms. The van der Waals surface area contributed by atoms with Crippen LogP contribution in [0.4, 0.5) is 0 Å². The van der Waals surface area contributed by atoms with Gasteiger partial charge in [0.1, 0.15) is 0 Å². The molecule has 0 fully saturated rings. The Labute approximate surface area is 118 Å². The molecular formula is C15H10O2S2. The lowest BCUT2D eigenvalue weighted by Crippen LogP contribution is -1.99. The van der Waals surface area contributed by atoms with Gasteiger partial charge in [0.05, 0.1) is 18.1 Å². The second-order valence-corrected chi connectivity index (χ2v) is 6.60. The first-order valence-electron chi connectivity index (χ1n) is 6.02. The second-order valence-electron chi connectivity index (χ2n) is 4.57. The molecule has 1 aliphatic heterocycles. The Bertz CT molecular complexity index is 754. The monoisotopic (exact) mass is 286 g/mol. The van der Waals surface area contributed by atoms with E-state index in [1.54, 1.807) is 22.7 Å². The van der Waals surface area contributed by atoms with Gasteiger partial charge in [-0.3, -0.25) is 4.79 Å². The summed E-state index contributed by atoms with van der Waals surface area (Å²) in [5.41, 5.74) is 3.10. The zero-order valence-corrected chi connectivity index (χ0v) is 11.6. The van der Waals surface area contributed by atoms with Gasteiger partial charge in [0, 0.05) is 15.0 Å². The van der Waals surface area contributed by atoms with Gasteiger partial charge in [-0.1, -0.05) is 12.1 Å². The number of ether oxygens (including phenoxy) is 1. The van der Waals surface area contributed by atoms with Crippen molar-refractivity contribution in [1.82, 2.24) is 0 Å². The normalized spacial score (nSPS) is 13.9. The van der Waals surface area contributed by atoms with Gasteiger partial charge in [-0.15, -0.1) is 22.7 Å². The minimum absolute atomic E-state index is 0.114. The van der Waals surface area contributed by atoms with Crippen molar-refractivity contribution in [2.24, 2.45) is 0 Å². The predicted molar refractivity (Wildman–Crippen MR) is 78.1 cm³/mol. The zero-order chi connectivity index (χ0) is 12.8. The fourth-order valence-corrected chi connectivity index (χ4v) is 4.40. The Kier molecular flexibility index (Phi) is 2.55. The molecule has 4 rings (SSSR count). The zero-order valence-electron chi connectivity index (χ0n) is 10.0. The van der Waals surface area contributed by atoms with Crippen molar-refractivity contribution in [3.05, 3.63) is 57.3 Å². The Balaban J connectivity index is 1.75. The van der Waals surface area contributed by atoms with Crippen molar-refractivity contribution < 1.29 is 9.53 Å². The number of carbonyl (C=O) groups is 1. The van der Waals surface area contributed by atoms with Crippen molar-refractivity contribution in [2.75, 3.05) is 0 Å². The first kappa shape index (κ1) is 11.3. The number of hydrogen-bond acceptors (Lipinski definition) is 4. The van der Waals surface area contributed by atoms with Crippen LogP contribution in [0.1, 0.15) is 26.4 Å². The van der Waals surface area contributed by atoms with Crippen molar-refractivity contribution in [3.63, 3.8) is 0 Å². The highest BCUT2D eigenvalue weighted by molar-refractivity contribution is 7.28. The molecule has 0 spiro atoms. The van der Waals surface area contributed by atoms with Crippen LogP contribution in [-0.4, -0.2) is 5.78 Å². The van der Waals surface area contributed by atoms with Crippen molar-refractivity contribution in [1.29, 1.82) is 0 Å². The minimum atomic E-state index is 0.114. The van der Waals surface area contributed by atoms with Crippen molar-refractivity contribution in [2.45, 2.75) is 13.2 Å². The SMILES string of the molecule is O=C(c1ccc2c(c1)COC2)c1cc2sccc2s1. The summed E-state index contributed by atoms with van der Waals surface area (Å²) in [6.45, 7) is 1.29. The molecule has 2 aromatic heterocycles. The van der Waals surface area contributed by atoms with Crippen LogP contribution in [0.2, 0.25) is 0 Å². The van der Waals surface area contributed by atoms with E-state index in [1.807, 2.05) is 24.3 Å². The Morgan fingerprint density at radius 2 is 1.95 bits per heavy atom. The van der Waals surface area contributed by atoms with Crippen LogP contribution in [-0.2, 0) is 18.0 Å². The van der Waals surface area contributed by atoms with Gasteiger partial charge in [-0.25, -0.2) is 0 Å². The highest BCUT2D eigenvalue weighted by Gasteiger charge is 2.17. The molecule has 1 aromatic carbocycles. The topological polar surface area (TPSA) is 26.3 Å². The predicted octanol–water partition coefficient (Wildman–Crippen LogP) is 4.22. The molecule has 0 unspecified atom stereocenters. The van der Waals surface area contributed by atoms with E-state index >= 15 is 0 Å². The highest BCUT2D eigenvalue weighted by atomic mass is 32.1. The molecule has 2 nitrogen and oxygen atoms in total. The van der Waals surface area contributed by atoms with Crippen LogP contribution in [0, 0.1) is 0 Å². The van der Waals surface area contributed by atoms with Gasteiger partial charge >= 0.3 is 0 Å². The molecule has 3 aromatic rings. The summed E-state index contributed by atoms with van der Waals surface area (Å²) >= 11 is 3.25. The molecule has 0 saturated carbocycles. The summed E-state index contributed by atoms with van der Waals surface area (Å²) in [6.07, 6.45) is 0. The van der Waals surface area contributed by atoms with Crippen LogP contribution in [0.5, 0.6) is 0 Å². The largest absolute Gasteiger partial charge is 0.372 e. The third-order valence-corrected chi connectivity index (χ3v) is 5.44. The van der Waals surface area contributed by atoms with Crippen LogP contribution in [0.25, 0.3) is 9.40 Å². The van der Waals surface area contributed by atoms with Crippen LogP contribution < -0.4 is 0 Å². The van der Waals surface area contributed by atoms with E-state index in [9.17, 15) is 4.79 Å². The summed E-state index contributed by atoms with van der Waals surface area (Å²) in [6, 6.07) is 9.95. The molecule has 19 heavy (non-hydrogen) atoms. The molecule has 94 valence electrons. The maximum atomic E-state index is 12.5. The molecule has 3 heterocycles. The molecule has 0 N–H and O–H groups in total. The maximum Gasteiger partial charge on any atom is 0.203 e. The van der Waals surface area contributed by atoms with E-state index < -0.39 is 0 Å². The molecule has 0 amide bonds. The summed E-state index contributed by atoms with van der Waals surface area (Å²) in [5.74, 6) is 0.114. The van der Waals surface area contributed by atoms with Crippen LogP contribution >= 0.6 is 22.7 Å². The van der Waals surface area contributed by atoms with Gasteiger partial charge in [-0.05, 0) is 34.7 Å². The lowest BCUT2D eigenvalue weighted by molar-refractivity contribution is 0.104.